The van der Waals surface area contributed by atoms with Gasteiger partial charge in [-0.2, -0.15) is 13.2 Å². The van der Waals surface area contributed by atoms with E-state index in [9.17, 15) is 18.0 Å². The van der Waals surface area contributed by atoms with E-state index in [1.807, 2.05) is 0 Å². The van der Waals surface area contributed by atoms with Gasteiger partial charge in [-0.3, -0.25) is 4.79 Å². The maximum Gasteiger partial charge on any atom is 0.416 e. The zero-order chi connectivity index (χ0) is 18.2. The Morgan fingerprint density at radius 1 is 1.28 bits per heavy atom. The molecule has 0 fully saturated rings. The first-order valence-electron chi connectivity index (χ1n) is 7.39. The fraction of sp³-hybridized carbons (Fsp3) is 0.235. The Bertz CT molecular complexity index is 934. The number of amides is 1. The first-order chi connectivity index (χ1) is 11.8. The Labute approximate surface area is 141 Å². The molecule has 130 valence electrons. The van der Waals surface area contributed by atoms with Gasteiger partial charge in [0.25, 0.3) is 11.6 Å². The quantitative estimate of drug-likeness (QED) is 0.721. The average Bonchev–Trinajstić information content (AvgIpc) is 2.94. The SMILES string of the molecule is Cc1noc2ncc(C(=O)N(C)Cc3cccc(C(F)(F)F)c3)cc12. The molecule has 1 aromatic carbocycles. The van der Waals surface area contributed by atoms with Crippen molar-refractivity contribution >= 4 is 17.0 Å². The Hall–Kier alpha value is -2.90. The number of aryl methyl sites for hydroxylation is 1. The molecule has 0 saturated heterocycles. The topological polar surface area (TPSA) is 59.2 Å². The van der Waals surface area contributed by atoms with E-state index in [4.69, 9.17) is 4.52 Å². The van der Waals surface area contributed by atoms with E-state index < -0.39 is 11.7 Å². The molecule has 5 nitrogen and oxygen atoms in total. The average molecular weight is 349 g/mol. The van der Waals surface area contributed by atoms with Crippen LogP contribution in [-0.4, -0.2) is 28.0 Å². The van der Waals surface area contributed by atoms with Crippen molar-refractivity contribution in [2.45, 2.75) is 19.6 Å². The van der Waals surface area contributed by atoms with E-state index in [1.165, 1.54) is 24.2 Å². The van der Waals surface area contributed by atoms with Crippen molar-refractivity contribution in [3.05, 3.63) is 58.9 Å². The molecule has 2 aromatic heterocycles. The summed E-state index contributed by atoms with van der Waals surface area (Å²) in [5.74, 6) is -0.354. The summed E-state index contributed by atoms with van der Waals surface area (Å²) < 4.78 is 43.3. The van der Waals surface area contributed by atoms with Gasteiger partial charge in [-0.25, -0.2) is 4.98 Å². The fourth-order valence-electron chi connectivity index (χ4n) is 2.47. The molecule has 3 aromatic rings. The summed E-state index contributed by atoms with van der Waals surface area (Å²) in [7, 11) is 1.52. The number of aromatic nitrogens is 2. The third kappa shape index (κ3) is 3.47. The molecule has 0 atom stereocenters. The number of benzene rings is 1. The lowest BCUT2D eigenvalue weighted by atomic mass is 10.1. The standard InChI is InChI=1S/C17H14F3N3O2/c1-10-14-7-12(8-21-15(14)25-22-10)16(24)23(2)9-11-4-3-5-13(6-11)17(18,19)20/h3-8H,9H2,1-2H3. The number of rotatable bonds is 3. The zero-order valence-corrected chi connectivity index (χ0v) is 13.5. The number of alkyl halides is 3. The molecular weight excluding hydrogens is 335 g/mol. The van der Waals surface area contributed by atoms with E-state index in [0.29, 0.717) is 27.9 Å². The highest BCUT2D eigenvalue weighted by atomic mass is 19.4. The van der Waals surface area contributed by atoms with E-state index >= 15 is 0 Å². The Morgan fingerprint density at radius 3 is 2.76 bits per heavy atom. The van der Waals surface area contributed by atoms with Gasteiger partial charge in [-0.15, -0.1) is 0 Å². The lowest BCUT2D eigenvalue weighted by Gasteiger charge is -2.18. The Kier molecular flexibility index (Phi) is 4.20. The van der Waals surface area contributed by atoms with Gasteiger partial charge in [-0.05, 0) is 30.7 Å². The van der Waals surface area contributed by atoms with Crippen molar-refractivity contribution < 1.29 is 22.5 Å². The second-order valence-corrected chi connectivity index (χ2v) is 5.70. The van der Waals surface area contributed by atoms with Crippen molar-refractivity contribution in [1.82, 2.24) is 15.0 Å². The van der Waals surface area contributed by atoms with Crippen LogP contribution in [0.5, 0.6) is 0 Å². The lowest BCUT2D eigenvalue weighted by molar-refractivity contribution is -0.137. The van der Waals surface area contributed by atoms with Crippen LogP contribution in [0, 0.1) is 6.92 Å². The number of carbonyl (C=O) groups excluding carboxylic acids is 1. The largest absolute Gasteiger partial charge is 0.416 e. The molecule has 0 N–H and O–H groups in total. The van der Waals surface area contributed by atoms with Crippen LogP contribution in [0.15, 0.2) is 41.1 Å². The summed E-state index contributed by atoms with van der Waals surface area (Å²) in [5.41, 5.74) is 0.899. The minimum absolute atomic E-state index is 0.0450. The minimum Gasteiger partial charge on any atom is -0.337 e. The lowest BCUT2D eigenvalue weighted by Crippen LogP contribution is -2.26. The molecule has 25 heavy (non-hydrogen) atoms. The predicted octanol–water partition coefficient (Wildman–Crippen LogP) is 3.82. The van der Waals surface area contributed by atoms with Gasteiger partial charge in [0.05, 0.1) is 22.2 Å². The number of fused-ring (bicyclic) bond motifs is 1. The van der Waals surface area contributed by atoms with E-state index in [0.717, 1.165) is 12.1 Å². The number of hydrogen-bond acceptors (Lipinski definition) is 4. The first-order valence-corrected chi connectivity index (χ1v) is 7.39. The third-order valence-electron chi connectivity index (χ3n) is 3.78. The molecule has 0 radical (unpaired) electrons. The maximum absolute atomic E-state index is 12.8. The second kappa shape index (κ2) is 6.19. The molecule has 0 saturated carbocycles. The van der Waals surface area contributed by atoms with Crippen molar-refractivity contribution in [2.24, 2.45) is 0 Å². The number of pyridine rings is 1. The predicted molar refractivity (Wildman–Crippen MR) is 83.8 cm³/mol. The minimum atomic E-state index is -4.42. The van der Waals surface area contributed by atoms with Crippen LogP contribution in [0.3, 0.4) is 0 Å². The molecular formula is C17H14F3N3O2. The molecule has 3 rings (SSSR count). The summed E-state index contributed by atoms with van der Waals surface area (Å²) in [4.78, 5) is 17.9. The monoisotopic (exact) mass is 349 g/mol. The highest BCUT2D eigenvalue weighted by Gasteiger charge is 2.30. The van der Waals surface area contributed by atoms with Gasteiger partial charge in [-0.1, -0.05) is 17.3 Å². The molecule has 0 bridgehead atoms. The maximum atomic E-state index is 12.8. The molecule has 0 aliphatic heterocycles. The van der Waals surface area contributed by atoms with Crippen LogP contribution in [0.4, 0.5) is 13.2 Å². The third-order valence-corrected chi connectivity index (χ3v) is 3.78. The molecule has 2 heterocycles. The molecule has 0 aliphatic rings. The van der Waals surface area contributed by atoms with Crippen molar-refractivity contribution in [3.8, 4) is 0 Å². The fourth-order valence-corrected chi connectivity index (χ4v) is 2.47. The van der Waals surface area contributed by atoms with Gasteiger partial charge in [0.1, 0.15) is 0 Å². The molecule has 0 spiro atoms. The van der Waals surface area contributed by atoms with Crippen LogP contribution in [-0.2, 0) is 12.7 Å². The zero-order valence-electron chi connectivity index (χ0n) is 13.5. The normalized spacial score (nSPS) is 11.7. The van der Waals surface area contributed by atoms with Gasteiger partial charge in [0.2, 0.25) is 0 Å². The first kappa shape index (κ1) is 16.9. The van der Waals surface area contributed by atoms with E-state index in [2.05, 4.69) is 10.1 Å². The second-order valence-electron chi connectivity index (χ2n) is 5.70. The highest BCUT2D eigenvalue weighted by molar-refractivity contribution is 5.96. The Balaban J connectivity index is 1.81. The number of carbonyl (C=O) groups is 1. The smallest absolute Gasteiger partial charge is 0.337 e. The summed E-state index contributed by atoms with van der Waals surface area (Å²) >= 11 is 0. The van der Waals surface area contributed by atoms with Crippen LogP contribution in [0.2, 0.25) is 0 Å². The Morgan fingerprint density at radius 2 is 2.04 bits per heavy atom. The van der Waals surface area contributed by atoms with Gasteiger partial charge in [0.15, 0.2) is 0 Å². The van der Waals surface area contributed by atoms with Crippen molar-refractivity contribution in [1.29, 1.82) is 0 Å². The van der Waals surface area contributed by atoms with Crippen molar-refractivity contribution in [3.63, 3.8) is 0 Å². The number of hydrogen-bond donors (Lipinski definition) is 0. The van der Waals surface area contributed by atoms with E-state index in [-0.39, 0.29) is 12.5 Å². The summed E-state index contributed by atoms with van der Waals surface area (Å²) in [6.07, 6.45) is -3.06. The van der Waals surface area contributed by atoms with Crippen molar-refractivity contribution in [2.75, 3.05) is 7.05 Å². The van der Waals surface area contributed by atoms with Crippen LogP contribution < -0.4 is 0 Å². The van der Waals surface area contributed by atoms with Gasteiger partial charge >= 0.3 is 6.18 Å². The van der Waals surface area contributed by atoms with Gasteiger partial charge < -0.3 is 9.42 Å². The molecule has 0 aliphatic carbocycles. The van der Waals surface area contributed by atoms with Crippen LogP contribution in [0.25, 0.3) is 11.1 Å². The number of nitrogens with zero attached hydrogens (tertiary/aromatic N) is 3. The van der Waals surface area contributed by atoms with Crippen LogP contribution >= 0.6 is 0 Å². The summed E-state index contributed by atoms with van der Waals surface area (Å²) in [5, 5.41) is 4.40. The summed E-state index contributed by atoms with van der Waals surface area (Å²) in [6.45, 7) is 1.78. The number of halogens is 3. The molecule has 0 unspecified atom stereocenters. The summed E-state index contributed by atoms with van der Waals surface area (Å²) in [6, 6.07) is 6.52. The van der Waals surface area contributed by atoms with Crippen LogP contribution in [0.1, 0.15) is 27.2 Å². The molecule has 1 amide bonds. The molecule has 8 heteroatoms. The van der Waals surface area contributed by atoms with E-state index in [1.54, 1.807) is 19.1 Å². The highest BCUT2D eigenvalue weighted by Crippen LogP contribution is 2.29. The van der Waals surface area contributed by atoms with Gasteiger partial charge in [0, 0.05) is 19.8 Å².